The fourth-order valence-corrected chi connectivity index (χ4v) is 3.81. The van der Waals surface area contributed by atoms with Gasteiger partial charge in [-0.15, -0.1) is 35.3 Å². The van der Waals surface area contributed by atoms with Gasteiger partial charge in [0, 0.05) is 19.7 Å². The molecular weight excluding hydrogens is 539 g/mol. The molecule has 1 aromatic carbocycles. The van der Waals surface area contributed by atoms with Gasteiger partial charge >= 0.3 is 5.97 Å². The van der Waals surface area contributed by atoms with E-state index in [0.29, 0.717) is 30.3 Å². The number of aliphatic imine (C=N–C) groups is 1. The maximum Gasteiger partial charge on any atom is 0.350 e. The van der Waals surface area contributed by atoms with Crippen LogP contribution in [0, 0.1) is 6.92 Å². The Bertz CT molecular complexity index is 830. The smallest absolute Gasteiger partial charge is 0.350 e. The van der Waals surface area contributed by atoms with Crippen molar-refractivity contribution in [3.8, 4) is 0 Å². The molecule has 0 fully saturated rings. The molecule has 0 aliphatic rings. The van der Waals surface area contributed by atoms with E-state index in [0.717, 1.165) is 37.0 Å². The molecule has 0 saturated carbocycles. The van der Waals surface area contributed by atoms with Gasteiger partial charge < -0.3 is 20.1 Å². The summed E-state index contributed by atoms with van der Waals surface area (Å²) >= 11 is 1.36. The zero-order chi connectivity index (χ0) is 22.5. The van der Waals surface area contributed by atoms with Crippen molar-refractivity contribution in [1.82, 2.24) is 15.6 Å². The zero-order valence-corrected chi connectivity index (χ0v) is 22.5. The normalized spacial score (nSPS) is 12.1. The number of nitrogens with one attached hydrogen (secondary N) is 2. The molecule has 32 heavy (non-hydrogen) atoms. The van der Waals surface area contributed by atoms with E-state index in [2.05, 4.69) is 32.7 Å². The van der Waals surface area contributed by atoms with E-state index in [4.69, 9.17) is 9.47 Å². The SMILES string of the molecule is CCNC(=NCCCCOCc1ccccc1)NC(C)c1nc(C)c(C(=O)OCC)s1.I. The number of benzene rings is 1. The van der Waals surface area contributed by atoms with E-state index in [-0.39, 0.29) is 36.0 Å². The van der Waals surface area contributed by atoms with Crippen molar-refractivity contribution < 1.29 is 14.3 Å². The van der Waals surface area contributed by atoms with E-state index in [1.54, 1.807) is 6.92 Å². The molecule has 0 spiro atoms. The van der Waals surface area contributed by atoms with Crippen molar-refractivity contribution in [2.45, 2.75) is 53.2 Å². The molecule has 0 radical (unpaired) electrons. The molecule has 1 aromatic heterocycles. The number of unbranched alkanes of at least 4 members (excludes halogenated alkanes) is 1. The Morgan fingerprint density at radius 1 is 1.22 bits per heavy atom. The van der Waals surface area contributed by atoms with E-state index < -0.39 is 0 Å². The van der Waals surface area contributed by atoms with Crippen molar-refractivity contribution >= 4 is 47.2 Å². The van der Waals surface area contributed by atoms with Gasteiger partial charge in [-0.3, -0.25) is 4.99 Å². The minimum Gasteiger partial charge on any atom is -0.462 e. The first kappa shape index (κ1) is 28.3. The van der Waals surface area contributed by atoms with Gasteiger partial charge in [0.05, 0.1) is 24.9 Å². The molecule has 0 saturated heterocycles. The third kappa shape index (κ3) is 9.83. The number of hydrogen-bond donors (Lipinski definition) is 2. The second-order valence-electron chi connectivity index (χ2n) is 7.06. The molecule has 1 heterocycles. The Hall–Kier alpha value is -1.72. The fourth-order valence-electron chi connectivity index (χ4n) is 2.85. The number of carbonyl (C=O) groups is 1. The topological polar surface area (TPSA) is 84.8 Å². The van der Waals surface area contributed by atoms with Crippen LogP contribution in [0.15, 0.2) is 35.3 Å². The van der Waals surface area contributed by atoms with Crippen LogP contribution in [0.2, 0.25) is 0 Å². The summed E-state index contributed by atoms with van der Waals surface area (Å²) in [6.07, 6.45) is 1.91. The lowest BCUT2D eigenvalue weighted by molar-refractivity contribution is 0.0531. The summed E-state index contributed by atoms with van der Waals surface area (Å²) in [7, 11) is 0. The molecule has 0 amide bonds. The van der Waals surface area contributed by atoms with Crippen LogP contribution in [0.3, 0.4) is 0 Å². The molecular formula is C23H35IN4O3S. The quantitative estimate of drug-likeness (QED) is 0.124. The number of halogens is 1. The lowest BCUT2D eigenvalue weighted by Gasteiger charge is -2.16. The van der Waals surface area contributed by atoms with Crippen molar-refractivity contribution in [2.75, 3.05) is 26.3 Å². The number of esters is 1. The zero-order valence-electron chi connectivity index (χ0n) is 19.3. The third-order valence-corrected chi connectivity index (χ3v) is 5.74. The Balaban J connectivity index is 0.00000512. The van der Waals surface area contributed by atoms with Gasteiger partial charge in [-0.1, -0.05) is 30.3 Å². The predicted octanol–water partition coefficient (Wildman–Crippen LogP) is 4.86. The van der Waals surface area contributed by atoms with E-state index in [1.165, 1.54) is 16.9 Å². The number of hydrogen-bond acceptors (Lipinski definition) is 6. The van der Waals surface area contributed by atoms with Crippen molar-refractivity contribution in [3.63, 3.8) is 0 Å². The molecule has 0 bridgehead atoms. The van der Waals surface area contributed by atoms with Crippen LogP contribution in [-0.2, 0) is 16.1 Å². The van der Waals surface area contributed by atoms with Crippen molar-refractivity contribution in [1.29, 1.82) is 0 Å². The summed E-state index contributed by atoms with van der Waals surface area (Å²) in [5.41, 5.74) is 1.89. The molecule has 9 heteroatoms. The Morgan fingerprint density at radius 2 is 1.97 bits per heavy atom. The third-order valence-electron chi connectivity index (χ3n) is 4.42. The molecule has 1 atom stereocenters. The second kappa shape index (κ2) is 16.0. The van der Waals surface area contributed by atoms with Gasteiger partial charge in [-0.2, -0.15) is 0 Å². The van der Waals surface area contributed by atoms with Crippen LogP contribution in [0.4, 0.5) is 0 Å². The number of rotatable bonds is 12. The number of aryl methyl sites for hydroxylation is 1. The monoisotopic (exact) mass is 574 g/mol. The Morgan fingerprint density at radius 3 is 2.66 bits per heavy atom. The van der Waals surface area contributed by atoms with Gasteiger partial charge in [0.25, 0.3) is 0 Å². The lowest BCUT2D eigenvalue weighted by Crippen LogP contribution is -2.38. The van der Waals surface area contributed by atoms with Crippen LogP contribution >= 0.6 is 35.3 Å². The molecule has 2 rings (SSSR count). The maximum absolute atomic E-state index is 12.0. The average Bonchev–Trinajstić information content (AvgIpc) is 3.16. The number of carbonyl (C=O) groups excluding carboxylic acids is 1. The van der Waals surface area contributed by atoms with Crippen LogP contribution in [0.1, 0.15) is 65.6 Å². The summed E-state index contributed by atoms with van der Waals surface area (Å²) in [6.45, 7) is 10.9. The second-order valence-corrected chi connectivity index (χ2v) is 8.09. The van der Waals surface area contributed by atoms with Gasteiger partial charge in [0.1, 0.15) is 9.88 Å². The number of aromatic nitrogens is 1. The van der Waals surface area contributed by atoms with E-state index in [1.807, 2.05) is 39.0 Å². The molecule has 178 valence electrons. The number of thiazole rings is 1. The molecule has 0 aliphatic carbocycles. The maximum atomic E-state index is 12.0. The highest BCUT2D eigenvalue weighted by Crippen LogP contribution is 2.24. The van der Waals surface area contributed by atoms with Crippen molar-refractivity contribution in [3.05, 3.63) is 51.5 Å². The summed E-state index contributed by atoms with van der Waals surface area (Å²) < 4.78 is 10.8. The van der Waals surface area contributed by atoms with Gasteiger partial charge in [0.15, 0.2) is 5.96 Å². The standard InChI is InChI=1S/C23H34N4O3S.HI/c1-5-24-23(25-14-10-11-15-29-16-19-12-8-7-9-13-19)27-18(4)21-26-17(3)20(31-21)22(28)30-6-2;/h7-9,12-13,18H,5-6,10-11,14-16H2,1-4H3,(H2,24,25,27);1H. The Labute approximate surface area is 212 Å². The van der Waals surface area contributed by atoms with Crippen LogP contribution in [0.25, 0.3) is 0 Å². The van der Waals surface area contributed by atoms with E-state index >= 15 is 0 Å². The van der Waals surface area contributed by atoms with Crippen molar-refractivity contribution in [2.24, 2.45) is 4.99 Å². The predicted molar refractivity (Wildman–Crippen MR) is 141 cm³/mol. The molecule has 2 N–H and O–H groups in total. The highest BCUT2D eigenvalue weighted by molar-refractivity contribution is 14.0. The van der Waals surface area contributed by atoms with E-state index in [9.17, 15) is 4.79 Å². The highest BCUT2D eigenvalue weighted by atomic mass is 127. The first-order valence-corrected chi connectivity index (χ1v) is 11.7. The highest BCUT2D eigenvalue weighted by Gasteiger charge is 2.20. The van der Waals surface area contributed by atoms with Crippen LogP contribution in [-0.4, -0.2) is 43.2 Å². The summed E-state index contributed by atoms with van der Waals surface area (Å²) in [6, 6.07) is 10.1. The van der Waals surface area contributed by atoms with Gasteiger partial charge in [-0.05, 0) is 46.1 Å². The first-order chi connectivity index (χ1) is 15.0. The molecule has 1 unspecified atom stereocenters. The fraction of sp³-hybridized carbons (Fsp3) is 0.522. The van der Waals surface area contributed by atoms with Gasteiger partial charge in [-0.25, -0.2) is 9.78 Å². The van der Waals surface area contributed by atoms with Crippen LogP contribution in [0.5, 0.6) is 0 Å². The summed E-state index contributed by atoms with van der Waals surface area (Å²) in [5.74, 6) is 0.428. The summed E-state index contributed by atoms with van der Waals surface area (Å²) in [5, 5.41) is 7.47. The molecule has 7 nitrogen and oxygen atoms in total. The average molecular weight is 575 g/mol. The largest absolute Gasteiger partial charge is 0.462 e. The Kier molecular flexibility index (Phi) is 14.1. The van der Waals surface area contributed by atoms with Crippen LogP contribution < -0.4 is 10.6 Å². The minimum atomic E-state index is -0.314. The minimum absolute atomic E-state index is 0. The summed E-state index contributed by atoms with van der Waals surface area (Å²) in [4.78, 5) is 21.8. The first-order valence-electron chi connectivity index (χ1n) is 10.9. The lowest BCUT2D eigenvalue weighted by atomic mass is 10.2. The molecule has 0 aliphatic heterocycles. The number of nitrogens with zero attached hydrogens (tertiary/aromatic N) is 2. The molecule has 2 aromatic rings. The van der Waals surface area contributed by atoms with Gasteiger partial charge in [0.2, 0.25) is 0 Å². The number of ether oxygens (including phenoxy) is 2. The number of guanidine groups is 1.